The van der Waals surface area contributed by atoms with Gasteiger partial charge in [-0.3, -0.25) is 4.79 Å². The minimum atomic E-state index is -0.719. The van der Waals surface area contributed by atoms with Crippen LogP contribution in [0.25, 0.3) is 0 Å². The van der Waals surface area contributed by atoms with Crippen molar-refractivity contribution in [3.05, 3.63) is 0 Å². The van der Waals surface area contributed by atoms with Crippen LogP contribution in [0.15, 0.2) is 0 Å². The summed E-state index contributed by atoms with van der Waals surface area (Å²) in [5, 5.41) is 9.11. The van der Waals surface area contributed by atoms with Crippen LogP contribution in [0.5, 0.6) is 0 Å². The quantitative estimate of drug-likeness (QED) is 0.576. The molecule has 2 nitrogen and oxygen atoms in total. The first-order valence-corrected chi connectivity index (χ1v) is 12.1. The lowest BCUT2D eigenvalue weighted by Gasteiger charge is -2.63. The first kappa shape index (κ1) is 20.7. The summed E-state index contributed by atoms with van der Waals surface area (Å²) in [7, 11) is 0. The third-order valence-electron chi connectivity index (χ3n) is 10.6. The minimum absolute atomic E-state index is 0.220. The summed E-state index contributed by atoms with van der Waals surface area (Å²) in [5.74, 6) is 3.18. The second kappa shape index (κ2) is 7.27. The van der Waals surface area contributed by atoms with Crippen LogP contribution in [-0.2, 0) is 4.79 Å². The van der Waals surface area contributed by atoms with Crippen molar-refractivity contribution in [1.82, 2.24) is 0 Å². The Kier molecular flexibility index (Phi) is 5.37. The van der Waals surface area contributed by atoms with E-state index in [0.717, 1.165) is 25.2 Å². The van der Waals surface area contributed by atoms with Crippen molar-refractivity contribution in [3.8, 4) is 0 Å². The molecule has 0 aromatic rings. The molecular weight excluding hydrogens is 351 g/mol. The van der Waals surface area contributed by atoms with E-state index in [1.54, 1.807) is 0 Å². The Morgan fingerprint density at radius 1 is 1.14 bits per heavy atom. The molecular formula is C25H41FO2. The molecule has 0 bridgehead atoms. The van der Waals surface area contributed by atoms with Crippen LogP contribution in [0.4, 0.5) is 4.39 Å². The molecule has 160 valence electrons. The van der Waals surface area contributed by atoms with Crippen molar-refractivity contribution >= 4 is 5.97 Å². The van der Waals surface area contributed by atoms with Crippen molar-refractivity contribution in [2.75, 3.05) is 0 Å². The predicted molar refractivity (Wildman–Crippen MR) is 111 cm³/mol. The van der Waals surface area contributed by atoms with Gasteiger partial charge in [-0.1, -0.05) is 40.5 Å². The van der Waals surface area contributed by atoms with E-state index in [-0.39, 0.29) is 11.8 Å². The van der Waals surface area contributed by atoms with Crippen LogP contribution >= 0.6 is 0 Å². The number of aliphatic carboxylic acids is 1. The summed E-state index contributed by atoms with van der Waals surface area (Å²) >= 11 is 0. The number of alkyl halides is 1. The van der Waals surface area contributed by atoms with Gasteiger partial charge in [-0.25, -0.2) is 4.39 Å². The van der Waals surface area contributed by atoms with Gasteiger partial charge in [0.15, 0.2) is 0 Å². The zero-order chi connectivity index (χ0) is 20.3. The number of hydrogen-bond donors (Lipinski definition) is 1. The second-order valence-corrected chi connectivity index (χ2v) is 11.6. The molecule has 0 amide bonds. The van der Waals surface area contributed by atoms with Crippen LogP contribution in [0, 0.1) is 52.3 Å². The molecule has 4 saturated carbocycles. The summed E-state index contributed by atoms with van der Waals surface area (Å²) in [6, 6.07) is 0. The number of rotatable bonds is 4. The molecule has 0 aliphatic heterocycles. The van der Waals surface area contributed by atoms with Crippen molar-refractivity contribution in [2.24, 2.45) is 52.3 Å². The van der Waals surface area contributed by atoms with E-state index in [2.05, 4.69) is 27.7 Å². The Hall–Kier alpha value is -0.600. The van der Waals surface area contributed by atoms with Gasteiger partial charge in [-0.2, -0.15) is 0 Å². The zero-order valence-electron chi connectivity index (χ0n) is 18.4. The average molecular weight is 393 g/mol. The molecule has 0 aromatic heterocycles. The fourth-order valence-electron chi connectivity index (χ4n) is 9.11. The Labute approximate surface area is 171 Å². The van der Waals surface area contributed by atoms with E-state index < -0.39 is 12.1 Å². The van der Waals surface area contributed by atoms with Gasteiger partial charge in [-0.15, -0.1) is 0 Å². The molecule has 0 heterocycles. The number of hydrogen-bond acceptors (Lipinski definition) is 1. The molecule has 0 radical (unpaired) electrons. The smallest absolute Gasteiger partial charge is 0.303 e. The topological polar surface area (TPSA) is 37.3 Å². The lowest BCUT2D eigenvalue weighted by atomic mass is 9.42. The SMILES string of the molecule is CC1CC2CCCCC2(C)C2CC(F)C3(C)C(C(C)CCC(=O)O)CCC3C12. The fraction of sp³-hybridized carbons (Fsp3) is 0.960. The largest absolute Gasteiger partial charge is 0.481 e. The van der Waals surface area contributed by atoms with Gasteiger partial charge < -0.3 is 5.11 Å². The standard InChI is InChI=1S/C25H41FO2/c1-15(8-11-22(27)28)18-9-10-19-23-16(2)13-17-7-5-6-12-24(17,3)20(23)14-21(26)25(18,19)4/h15-21,23H,5-14H2,1-4H3,(H,27,28). The summed E-state index contributed by atoms with van der Waals surface area (Å²) in [5.41, 5.74) is 0.110. The first-order valence-electron chi connectivity index (χ1n) is 12.1. The van der Waals surface area contributed by atoms with Gasteiger partial charge >= 0.3 is 5.97 Å². The van der Waals surface area contributed by atoms with Gasteiger partial charge in [-0.05, 0) is 91.8 Å². The molecule has 4 aliphatic rings. The van der Waals surface area contributed by atoms with E-state index >= 15 is 4.39 Å². The molecule has 4 rings (SSSR count). The molecule has 0 spiro atoms. The minimum Gasteiger partial charge on any atom is -0.481 e. The maximum atomic E-state index is 16.0. The van der Waals surface area contributed by atoms with Crippen LogP contribution in [0.3, 0.4) is 0 Å². The van der Waals surface area contributed by atoms with E-state index in [1.165, 1.54) is 32.1 Å². The van der Waals surface area contributed by atoms with Gasteiger partial charge in [0, 0.05) is 11.8 Å². The third-order valence-corrected chi connectivity index (χ3v) is 10.6. The molecule has 4 aliphatic carbocycles. The lowest BCUT2D eigenvalue weighted by molar-refractivity contribution is -0.166. The van der Waals surface area contributed by atoms with Gasteiger partial charge in [0.2, 0.25) is 0 Å². The molecule has 0 saturated heterocycles. The van der Waals surface area contributed by atoms with Gasteiger partial charge in [0.1, 0.15) is 6.17 Å². The average Bonchev–Trinajstić information content (AvgIpc) is 3.00. The Balaban J connectivity index is 1.61. The highest BCUT2D eigenvalue weighted by molar-refractivity contribution is 5.66. The summed E-state index contributed by atoms with van der Waals surface area (Å²) < 4.78 is 16.0. The van der Waals surface area contributed by atoms with E-state index in [0.29, 0.717) is 47.3 Å². The highest BCUT2D eigenvalue weighted by atomic mass is 19.1. The maximum absolute atomic E-state index is 16.0. The highest BCUT2D eigenvalue weighted by Crippen LogP contribution is 2.70. The maximum Gasteiger partial charge on any atom is 0.303 e. The predicted octanol–water partition coefficient (Wildman–Crippen LogP) is 6.73. The molecule has 0 aromatic carbocycles. The van der Waals surface area contributed by atoms with Crippen LogP contribution in [0.2, 0.25) is 0 Å². The third kappa shape index (κ3) is 2.97. The molecule has 10 atom stereocenters. The highest BCUT2D eigenvalue weighted by Gasteiger charge is 2.65. The first-order chi connectivity index (χ1) is 13.2. The van der Waals surface area contributed by atoms with E-state index in [1.807, 2.05) is 0 Å². The van der Waals surface area contributed by atoms with E-state index in [9.17, 15) is 4.79 Å². The number of carboxylic acids is 1. The Morgan fingerprint density at radius 2 is 1.89 bits per heavy atom. The number of carboxylic acid groups (broad SMARTS) is 1. The number of fused-ring (bicyclic) bond motifs is 5. The van der Waals surface area contributed by atoms with Crippen molar-refractivity contribution in [3.63, 3.8) is 0 Å². The van der Waals surface area contributed by atoms with Crippen molar-refractivity contribution in [2.45, 2.75) is 98.1 Å². The van der Waals surface area contributed by atoms with Crippen LogP contribution in [0.1, 0.15) is 91.9 Å². The monoisotopic (exact) mass is 392 g/mol. The van der Waals surface area contributed by atoms with E-state index in [4.69, 9.17) is 5.11 Å². The molecule has 10 unspecified atom stereocenters. The lowest BCUT2D eigenvalue weighted by Crippen LogP contribution is -2.59. The number of halogens is 1. The molecule has 3 heteroatoms. The number of carbonyl (C=O) groups is 1. The fourth-order valence-corrected chi connectivity index (χ4v) is 9.11. The Morgan fingerprint density at radius 3 is 2.61 bits per heavy atom. The second-order valence-electron chi connectivity index (χ2n) is 11.6. The molecule has 28 heavy (non-hydrogen) atoms. The van der Waals surface area contributed by atoms with Crippen LogP contribution in [-0.4, -0.2) is 17.2 Å². The summed E-state index contributed by atoms with van der Waals surface area (Å²) in [6.07, 6.45) is 9.92. The summed E-state index contributed by atoms with van der Waals surface area (Å²) in [6.45, 7) is 9.40. The van der Waals surface area contributed by atoms with Crippen molar-refractivity contribution in [1.29, 1.82) is 0 Å². The zero-order valence-corrected chi connectivity index (χ0v) is 18.4. The molecule has 4 fully saturated rings. The molecule has 1 N–H and O–H groups in total. The Bertz CT molecular complexity index is 605. The van der Waals surface area contributed by atoms with Crippen LogP contribution < -0.4 is 0 Å². The van der Waals surface area contributed by atoms with Gasteiger partial charge in [0.25, 0.3) is 0 Å². The van der Waals surface area contributed by atoms with Crippen molar-refractivity contribution < 1.29 is 14.3 Å². The van der Waals surface area contributed by atoms with Gasteiger partial charge in [0.05, 0.1) is 0 Å². The normalized spacial score (nSPS) is 51.7. The summed E-state index contributed by atoms with van der Waals surface area (Å²) in [4.78, 5) is 11.1.